The lowest BCUT2D eigenvalue weighted by Gasteiger charge is -2.25. The first-order chi connectivity index (χ1) is 10.1. The first kappa shape index (κ1) is 16.0. The molecule has 2 rings (SSSR count). The second-order valence-corrected chi connectivity index (χ2v) is 6.09. The number of quaternary nitrogens is 1. The van der Waals surface area contributed by atoms with Gasteiger partial charge in [0.1, 0.15) is 6.04 Å². The van der Waals surface area contributed by atoms with Gasteiger partial charge in [-0.1, -0.05) is 18.0 Å². The van der Waals surface area contributed by atoms with Crippen LogP contribution in [0.1, 0.15) is 48.9 Å². The molecule has 5 heteroatoms. The minimum absolute atomic E-state index is 0.0412. The van der Waals surface area contributed by atoms with E-state index in [0.29, 0.717) is 16.6 Å². The van der Waals surface area contributed by atoms with Crippen LogP contribution in [-0.2, 0) is 4.79 Å². The molecule has 0 unspecified atom stereocenters. The molecule has 1 aromatic rings. The second-order valence-electron chi connectivity index (χ2n) is 5.65. The standard InChI is InChI=1S/C16H20ClNO3/c17-12-8-6-11(7-9-12)15(19)10-14(16(20)21)18-13-4-2-1-3-5-13/h6-9,13-14,18H,1-5,10H2,(H,20,21)/t14-/m1/s1. The van der Waals surface area contributed by atoms with Crippen LogP contribution in [0.25, 0.3) is 0 Å². The second kappa shape index (κ2) is 7.57. The maximum Gasteiger partial charge on any atom is 0.169 e. The van der Waals surface area contributed by atoms with Crippen LogP contribution in [0.4, 0.5) is 0 Å². The van der Waals surface area contributed by atoms with E-state index in [2.05, 4.69) is 0 Å². The normalized spacial score (nSPS) is 17.4. The lowest BCUT2D eigenvalue weighted by molar-refractivity contribution is -0.716. The number of nitrogens with two attached hydrogens (primary N) is 1. The number of rotatable bonds is 6. The fraction of sp³-hybridized carbons (Fsp3) is 0.500. The number of Topliss-reactive ketones (excluding diaryl/α,β-unsaturated/α-hetero) is 1. The van der Waals surface area contributed by atoms with Crippen LogP contribution in [-0.4, -0.2) is 23.8 Å². The SMILES string of the molecule is O=C(C[C@@H]([NH2+]C1CCCCC1)C(=O)[O-])c1ccc(Cl)cc1. The number of carboxylic acids is 1. The number of carbonyl (C=O) groups excluding carboxylic acids is 2. The average Bonchev–Trinajstić information content (AvgIpc) is 2.48. The Balaban J connectivity index is 1.96. The third kappa shape index (κ3) is 4.83. The maximum atomic E-state index is 12.2. The highest BCUT2D eigenvalue weighted by atomic mass is 35.5. The van der Waals surface area contributed by atoms with Crippen molar-refractivity contribution >= 4 is 23.4 Å². The highest BCUT2D eigenvalue weighted by Gasteiger charge is 2.25. The van der Waals surface area contributed by atoms with E-state index < -0.39 is 12.0 Å². The molecule has 1 aromatic carbocycles. The van der Waals surface area contributed by atoms with Gasteiger partial charge in [0.2, 0.25) is 0 Å². The summed E-state index contributed by atoms with van der Waals surface area (Å²) in [6, 6.07) is 5.99. The van der Waals surface area contributed by atoms with Gasteiger partial charge in [-0.3, -0.25) is 4.79 Å². The quantitative estimate of drug-likeness (QED) is 0.794. The summed E-state index contributed by atoms with van der Waals surface area (Å²) in [6.07, 6.45) is 5.46. The zero-order valence-corrected chi connectivity index (χ0v) is 12.6. The Hall–Kier alpha value is -1.39. The van der Waals surface area contributed by atoms with Gasteiger partial charge in [0.05, 0.1) is 18.4 Å². The van der Waals surface area contributed by atoms with Crippen LogP contribution in [0.5, 0.6) is 0 Å². The number of aliphatic carboxylic acids is 1. The number of hydrogen-bond acceptors (Lipinski definition) is 3. The van der Waals surface area contributed by atoms with Crippen molar-refractivity contribution in [2.45, 2.75) is 50.6 Å². The zero-order chi connectivity index (χ0) is 15.2. The maximum absolute atomic E-state index is 12.2. The van der Waals surface area contributed by atoms with Gasteiger partial charge < -0.3 is 15.2 Å². The molecule has 1 aliphatic rings. The molecule has 0 bridgehead atoms. The molecule has 1 aliphatic carbocycles. The van der Waals surface area contributed by atoms with Crippen molar-refractivity contribution in [1.29, 1.82) is 0 Å². The summed E-state index contributed by atoms with van der Waals surface area (Å²) >= 11 is 5.78. The largest absolute Gasteiger partial charge is 0.544 e. The Morgan fingerprint density at radius 1 is 1.19 bits per heavy atom. The van der Waals surface area contributed by atoms with Crippen LogP contribution in [0.15, 0.2) is 24.3 Å². The lowest BCUT2D eigenvalue weighted by Crippen LogP contribution is -2.97. The van der Waals surface area contributed by atoms with Crippen molar-refractivity contribution < 1.29 is 20.0 Å². The summed E-state index contributed by atoms with van der Waals surface area (Å²) in [5, 5.41) is 13.6. The summed E-state index contributed by atoms with van der Waals surface area (Å²) < 4.78 is 0. The van der Waals surface area contributed by atoms with Gasteiger partial charge in [0, 0.05) is 10.6 Å². The molecule has 1 atom stereocenters. The van der Waals surface area contributed by atoms with Crippen LogP contribution in [0.3, 0.4) is 0 Å². The predicted octanol–water partition coefficient (Wildman–Crippen LogP) is 0.927. The Kier molecular flexibility index (Phi) is 5.76. The van der Waals surface area contributed by atoms with Crippen molar-refractivity contribution in [3.8, 4) is 0 Å². The first-order valence-corrected chi connectivity index (χ1v) is 7.78. The van der Waals surface area contributed by atoms with E-state index in [4.69, 9.17) is 11.6 Å². The molecule has 0 spiro atoms. The van der Waals surface area contributed by atoms with Crippen molar-refractivity contribution in [3.63, 3.8) is 0 Å². The Labute approximate surface area is 129 Å². The molecule has 0 aliphatic heterocycles. The molecule has 0 saturated heterocycles. The minimum Gasteiger partial charge on any atom is -0.544 e. The van der Waals surface area contributed by atoms with E-state index >= 15 is 0 Å². The predicted molar refractivity (Wildman–Crippen MR) is 78.0 cm³/mol. The highest BCUT2D eigenvalue weighted by molar-refractivity contribution is 6.30. The van der Waals surface area contributed by atoms with Crippen molar-refractivity contribution in [2.24, 2.45) is 0 Å². The van der Waals surface area contributed by atoms with Gasteiger partial charge in [0.15, 0.2) is 5.78 Å². The van der Waals surface area contributed by atoms with E-state index in [1.807, 2.05) is 5.32 Å². The highest BCUT2D eigenvalue weighted by Crippen LogP contribution is 2.15. The van der Waals surface area contributed by atoms with Gasteiger partial charge in [-0.25, -0.2) is 0 Å². The molecule has 0 amide bonds. The number of ketones is 1. The van der Waals surface area contributed by atoms with Gasteiger partial charge in [-0.15, -0.1) is 0 Å². The van der Waals surface area contributed by atoms with Crippen LogP contribution in [0.2, 0.25) is 5.02 Å². The molecule has 4 nitrogen and oxygen atoms in total. The van der Waals surface area contributed by atoms with Gasteiger partial charge in [-0.05, 0) is 49.9 Å². The van der Waals surface area contributed by atoms with Crippen molar-refractivity contribution in [2.75, 3.05) is 0 Å². The molecule has 2 N–H and O–H groups in total. The molecular formula is C16H20ClNO3. The monoisotopic (exact) mass is 309 g/mol. The average molecular weight is 310 g/mol. The van der Waals surface area contributed by atoms with Crippen LogP contribution < -0.4 is 10.4 Å². The van der Waals surface area contributed by atoms with Gasteiger partial charge in [-0.2, -0.15) is 0 Å². The minimum atomic E-state index is -1.16. The topological polar surface area (TPSA) is 73.8 Å². The molecule has 21 heavy (non-hydrogen) atoms. The summed E-state index contributed by atoms with van der Waals surface area (Å²) in [5.74, 6) is -1.35. The number of halogens is 1. The summed E-state index contributed by atoms with van der Waals surface area (Å²) in [6.45, 7) is 0. The third-order valence-corrected chi connectivity index (χ3v) is 4.28. The number of carboxylic acid groups (broad SMARTS) is 1. The van der Waals surface area contributed by atoms with Crippen molar-refractivity contribution in [1.82, 2.24) is 0 Å². The third-order valence-electron chi connectivity index (χ3n) is 4.03. The molecule has 114 valence electrons. The molecular weight excluding hydrogens is 290 g/mol. The molecule has 0 radical (unpaired) electrons. The Morgan fingerprint density at radius 2 is 1.81 bits per heavy atom. The number of hydrogen-bond donors (Lipinski definition) is 1. The fourth-order valence-corrected chi connectivity index (χ4v) is 2.96. The summed E-state index contributed by atoms with van der Waals surface area (Å²) in [7, 11) is 0. The van der Waals surface area contributed by atoms with E-state index in [9.17, 15) is 14.7 Å². The smallest absolute Gasteiger partial charge is 0.169 e. The van der Waals surface area contributed by atoms with Gasteiger partial charge >= 0.3 is 0 Å². The van der Waals surface area contributed by atoms with Crippen molar-refractivity contribution in [3.05, 3.63) is 34.9 Å². The number of benzene rings is 1. The Morgan fingerprint density at radius 3 is 2.38 bits per heavy atom. The lowest BCUT2D eigenvalue weighted by atomic mass is 9.94. The van der Waals surface area contributed by atoms with E-state index in [0.717, 1.165) is 25.7 Å². The van der Waals surface area contributed by atoms with E-state index in [1.54, 1.807) is 24.3 Å². The fourth-order valence-electron chi connectivity index (χ4n) is 2.84. The molecule has 0 heterocycles. The molecule has 1 saturated carbocycles. The summed E-state index contributed by atoms with van der Waals surface area (Å²) in [4.78, 5) is 23.4. The Bertz CT molecular complexity index is 495. The molecule has 1 fully saturated rings. The zero-order valence-electron chi connectivity index (χ0n) is 11.9. The van der Waals surface area contributed by atoms with E-state index in [1.165, 1.54) is 6.42 Å². The van der Waals surface area contributed by atoms with E-state index in [-0.39, 0.29) is 12.2 Å². The first-order valence-electron chi connectivity index (χ1n) is 7.41. The number of carbonyl (C=O) groups is 2. The molecule has 0 aromatic heterocycles. The van der Waals surface area contributed by atoms with Gasteiger partial charge in [0.25, 0.3) is 0 Å². The van der Waals surface area contributed by atoms with Crippen LogP contribution >= 0.6 is 11.6 Å². The summed E-state index contributed by atoms with van der Waals surface area (Å²) in [5.41, 5.74) is 0.489. The van der Waals surface area contributed by atoms with Crippen LogP contribution in [0, 0.1) is 0 Å².